The Morgan fingerprint density at radius 1 is 1.05 bits per heavy atom. The molecule has 0 aliphatic heterocycles. The quantitative estimate of drug-likeness (QED) is 0.876. The fourth-order valence-electron chi connectivity index (χ4n) is 1.98. The maximum Gasteiger partial charge on any atom is 0.220 e. The van der Waals surface area contributed by atoms with Gasteiger partial charge < -0.3 is 19.5 Å². The van der Waals surface area contributed by atoms with Gasteiger partial charge in [-0.25, -0.2) is 0 Å². The maximum atomic E-state index is 11.9. The highest BCUT2D eigenvalue weighted by Gasteiger charge is 2.17. The van der Waals surface area contributed by atoms with Crippen LogP contribution in [-0.4, -0.2) is 27.2 Å². The number of benzene rings is 1. The summed E-state index contributed by atoms with van der Waals surface area (Å²) in [6.07, 6.45) is 0.484. The molecular formula is C16H25NO4. The normalized spacial score (nSPS) is 11.0. The van der Waals surface area contributed by atoms with Crippen LogP contribution in [0.3, 0.4) is 0 Å². The molecule has 5 nitrogen and oxygen atoms in total. The van der Waals surface area contributed by atoms with Crippen LogP contribution in [-0.2, 0) is 11.3 Å². The second-order valence-corrected chi connectivity index (χ2v) is 6.05. The summed E-state index contributed by atoms with van der Waals surface area (Å²) < 4.78 is 15.8. The zero-order valence-electron chi connectivity index (χ0n) is 13.7. The molecule has 118 valence electrons. The predicted octanol–water partition coefficient (Wildman–Crippen LogP) is 2.76. The van der Waals surface area contributed by atoms with Gasteiger partial charge in [-0.05, 0) is 23.1 Å². The van der Waals surface area contributed by atoms with Crippen molar-refractivity contribution in [1.82, 2.24) is 5.32 Å². The highest BCUT2D eigenvalue weighted by atomic mass is 16.5. The molecule has 0 aromatic heterocycles. The van der Waals surface area contributed by atoms with E-state index in [0.717, 1.165) is 5.56 Å². The summed E-state index contributed by atoms with van der Waals surface area (Å²) in [6.45, 7) is 6.52. The van der Waals surface area contributed by atoms with E-state index >= 15 is 0 Å². The number of methoxy groups -OCH3 is 3. The second kappa shape index (κ2) is 7.20. The number of ether oxygens (including phenoxy) is 3. The Morgan fingerprint density at radius 2 is 1.57 bits per heavy atom. The summed E-state index contributed by atoms with van der Waals surface area (Å²) in [6, 6.07) is 3.66. The first-order chi connectivity index (χ1) is 9.80. The van der Waals surface area contributed by atoms with Crippen molar-refractivity contribution >= 4 is 5.91 Å². The fourth-order valence-corrected chi connectivity index (χ4v) is 1.98. The maximum absolute atomic E-state index is 11.9. The smallest absolute Gasteiger partial charge is 0.220 e. The van der Waals surface area contributed by atoms with Gasteiger partial charge in [-0.3, -0.25) is 4.79 Å². The zero-order valence-corrected chi connectivity index (χ0v) is 13.7. The van der Waals surface area contributed by atoms with Crippen LogP contribution < -0.4 is 19.5 Å². The molecule has 5 heteroatoms. The van der Waals surface area contributed by atoms with Crippen LogP contribution >= 0.6 is 0 Å². The molecule has 1 aromatic carbocycles. The Hall–Kier alpha value is -1.91. The predicted molar refractivity (Wildman–Crippen MR) is 82.0 cm³/mol. The van der Waals surface area contributed by atoms with Gasteiger partial charge in [0.2, 0.25) is 11.7 Å². The molecular weight excluding hydrogens is 270 g/mol. The second-order valence-electron chi connectivity index (χ2n) is 6.05. The van der Waals surface area contributed by atoms with Crippen molar-refractivity contribution in [3.05, 3.63) is 17.7 Å². The number of amides is 1. The third kappa shape index (κ3) is 5.17. The number of hydrogen-bond acceptors (Lipinski definition) is 4. The average molecular weight is 295 g/mol. The lowest BCUT2D eigenvalue weighted by molar-refractivity contribution is -0.122. The molecule has 0 radical (unpaired) electrons. The molecule has 0 saturated heterocycles. The molecule has 0 fully saturated rings. The Balaban J connectivity index is 2.82. The third-order valence-corrected chi connectivity index (χ3v) is 2.91. The number of nitrogens with one attached hydrogen (secondary N) is 1. The standard InChI is InChI=1S/C16H25NO4/c1-16(2,3)9-14(18)17-10-11-7-12(19-4)15(21-6)13(8-11)20-5/h7-8H,9-10H2,1-6H3,(H,17,18). The molecule has 0 spiro atoms. The molecule has 21 heavy (non-hydrogen) atoms. The molecule has 0 heterocycles. The highest BCUT2D eigenvalue weighted by Crippen LogP contribution is 2.38. The van der Waals surface area contributed by atoms with Gasteiger partial charge in [0.25, 0.3) is 0 Å². The molecule has 0 saturated carbocycles. The molecule has 1 N–H and O–H groups in total. The largest absolute Gasteiger partial charge is 0.493 e. The molecule has 0 atom stereocenters. The van der Waals surface area contributed by atoms with Gasteiger partial charge in [-0.2, -0.15) is 0 Å². The van der Waals surface area contributed by atoms with E-state index in [1.54, 1.807) is 21.3 Å². The van der Waals surface area contributed by atoms with E-state index in [9.17, 15) is 4.79 Å². The highest BCUT2D eigenvalue weighted by molar-refractivity contribution is 5.76. The summed E-state index contributed by atoms with van der Waals surface area (Å²) in [7, 11) is 4.70. The first-order valence-electron chi connectivity index (χ1n) is 6.86. The molecule has 0 unspecified atom stereocenters. The lowest BCUT2D eigenvalue weighted by atomic mass is 9.92. The summed E-state index contributed by atoms with van der Waals surface area (Å²) in [5.74, 6) is 1.73. The van der Waals surface area contributed by atoms with Crippen LogP contribution in [0.25, 0.3) is 0 Å². The van der Waals surface area contributed by atoms with E-state index in [1.165, 1.54) is 0 Å². The van der Waals surface area contributed by atoms with Crippen LogP contribution in [0.5, 0.6) is 17.2 Å². The van der Waals surface area contributed by atoms with Crippen molar-refractivity contribution < 1.29 is 19.0 Å². The Bertz CT molecular complexity index is 467. The van der Waals surface area contributed by atoms with Crippen molar-refractivity contribution in [2.45, 2.75) is 33.7 Å². The summed E-state index contributed by atoms with van der Waals surface area (Å²) >= 11 is 0. The van der Waals surface area contributed by atoms with Gasteiger partial charge in [0.1, 0.15) is 0 Å². The van der Waals surface area contributed by atoms with Crippen LogP contribution in [0.4, 0.5) is 0 Å². The first-order valence-corrected chi connectivity index (χ1v) is 6.86. The minimum atomic E-state index is -0.0284. The summed E-state index contributed by atoms with van der Waals surface area (Å²) in [5.41, 5.74) is 0.867. The van der Waals surface area contributed by atoms with Crippen molar-refractivity contribution in [3.63, 3.8) is 0 Å². The fraction of sp³-hybridized carbons (Fsp3) is 0.562. The minimum Gasteiger partial charge on any atom is -0.493 e. The van der Waals surface area contributed by atoms with Gasteiger partial charge in [0.05, 0.1) is 21.3 Å². The Labute approximate surface area is 126 Å². The molecule has 1 amide bonds. The van der Waals surface area contributed by atoms with Crippen molar-refractivity contribution in [3.8, 4) is 17.2 Å². The minimum absolute atomic E-state index is 0.0243. The summed E-state index contributed by atoms with van der Waals surface area (Å²) in [4.78, 5) is 11.9. The SMILES string of the molecule is COc1cc(CNC(=O)CC(C)(C)C)cc(OC)c1OC. The lowest BCUT2D eigenvalue weighted by Crippen LogP contribution is -2.27. The van der Waals surface area contributed by atoms with Crippen molar-refractivity contribution in [2.75, 3.05) is 21.3 Å². The van der Waals surface area contributed by atoms with E-state index in [0.29, 0.717) is 30.2 Å². The third-order valence-electron chi connectivity index (χ3n) is 2.91. The van der Waals surface area contributed by atoms with E-state index in [2.05, 4.69) is 5.32 Å². The van der Waals surface area contributed by atoms with Gasteiger partial charge >= 0.3 is 0 Å². The van der Waals surface area contributed by atoms with Crippen LogP contribution in [0.15, 0.2) is 12.1 Å². The monoisotopic (exact) mass is 295 g/mol. The molecule has 0 aliphatic carbocycles. The molecule has 0 aliphatic rings. The summed E-state index contributed by atoms with van der Waals surface area (Å²) in [5, 5.41) is 2.90. The number of hydrogen-bond donors (Lipinski definition) is 1. The number of carbonyl (C=O) groups excluding carboxylic acids is 1. The van der Waals surface area contributed by atoms with Gasteiger partial charge in [-0.1, -0.05) is 20.8 Å². The van der Waals surface area contributed by atoms with E-state index in [1.807, 2.05) is 32.9 Å². The number of carbonyl (C=O) groups is 1. The Morgan fingerprint density at radius 3 is 1.95 bits per heavy atom. The van der Waals surface area contributed by atoms with Gasteiger partial charge in [0.15, 0.2) is 11.5 Å². The molecule has 1 aromatic rings. The van der Waals surface area contributed by atoms with Crippen LogP contribution in [0, 0.1) is 5.41 Å². The first kappa shape index (κ1) is 17.1. The van der Waals surface area contributed by atoms with E-state index in [4.69, 9.17) is 14.2 Å². The van der Waals surface area contributed by atoms with Crippen molar-refractivity contribution in [1.29, 1.82) is 0 Å². The number of rotatable bonds is 6. The van der Waals surface area contributed by atoms with Crippen LogP contribution in [0.1, 0.15) is 32.8 Å². The van der Waals surface area contributed by atoms with Gasteiger partial charge in [0, 0.05) is 13.0 Å². The van der Waals surface area contributed by atoms with E-state index in [-0.39, 0.29) is 11.3 Å². The van der Waals surface area contributed by atoms with E-state index < -0.39 is 0 Å². The molecule has 1 rings (SSSR count). The average Bonchev–Trinajstić information content (AvgIpc) is 2.41. The van der Waals surface area contributed by atoms with Crippen LogP contribution in [0.2, 0.25) is 0 Å². The lowest BCUT2D eigenvalue weighted by Gasteiger charge is -2.18. The van der Waals surface area contributed by atoms with Gasteiger partial charge in [-0.15, -0.1) is 0 Å². The molecule has 0 bridgehead atoms. The topological polar surface area (TPSA) is 56.8 Å². The zero-order chi connectivity index (χ0) is 16.0. The van der Waals surface area contributed by atoms with Crippen molar-refractivity contribution in [2.24, 2.45) is 5.41 Å². The Kier molecular flexibility index (Phi) is 5.88.